The highest BCUT2D eigenvalue weighted by Crippen LogP contribution is 2.29. The van der Waals surface area contributed by atoms with E-state index in [9.17, 15) is 4.39 Å². The summed E-state index contributed by atoms with van der Waals surface area (Å²) in [6, 6.07) is 11.9. The Morgan fingerprint density at radius 2 is 2.00 bits per heavy atom. The molecule has 0 unspecified atom stereocenters. The Bertz CT molecular complexity index is 1110. The monoisotopic (exact) mass is 375 g/mol. The zero-order chi connectivity index (χ0) is 19.5. The standard InChI is InChI=1S/C20H18FN7/c1-12-10-24-20(28-19(12)22)25-11-16-26-17(13-5-4-6-14(21)9-13)18(27-16)15-7-2-3-8-23-15/h2-10H,11H2,1H3,(H,26,27)(H3,22,24,25,28). The number of benzene rings is 1. The molecule has 0 aliphatic carbocycles. The van der Waals surface area contributed by atoms with Gasteiger partial charge in [-0.15, -0.1) is 0 Å². The van der Waals surface area contributed by atoms with Gasteiger partial charge in [-0.25, -0.2) is 14.4 Å². The number of aromatic nitrogens is 5. The summed E-state index contributed by atoms with van der Waals surface area (Å²) in [6.07, 6.45) is 3.36. The Morgan fingerprint density at radius 1 is 1.11 bits per heavy atom. The van der Waals surface area contributed by atoms with Gasteiger partial charge in [-0.05, 0) is 31.2 Å². The number of nitrogens with one attached hydrogen (secondary N) is 2. The molecule has 0 amide bonds. The largest absolute Gasteiger partial charge is 0.383 e. The second-order valence-electron chi connectivity index (χ2n) is 6.25. The number of halogens is 1. The summed E-state index contributed by atoms with van der Waals surface area (Å²) < 4.78 is 13.7. The fourth-order valence-electron chi connectivity index (χ4n) is 2.75. The number of imidazole rings is 1. The number of aromatic amines is 1. The van der Waals surface area contributed by atoms with Gasteiger partial charge in [0.1, 0.15) is 17.5 Å². The third-order valence-corrected chi connectivity index (χ3v) is 4.20. The summed E-state index contributed by atoms with van der Waals surface area (Å²) in [7, 11) is 0. The van der Waals surface area contributed by atoms with E-state index in [0.717, 1.165) is 11.3 Å². The molecule has 0 fully saturated rings. The van der Waals surface area contributed by atoms with Gasteiger partial charge in [-0.1, -0.05) is 18.2 Å². The molecule has 0 aliphatic heterocycles. The quantitative estimate of drug-likeness (QED) is 0.492. The smallest absolute Gasteiger partial charge is 0.224 e. The van der Waals surface area contributed by atoms with Crippen LogP contribution in [-0.4, -0.2) is 24.9 Å². The molecule has 28 heavy (non-hydrogen) atoms. The first-order chi connectivity index (χ1) is 13.6. The van der Waals surface area contributed by atoms with Crippen LogP contribution in [0.3, 0.4) is 0 Å². The van der Waals surface area contributed by atoms with Gasteiger partial charge < -0.3 is 16.0 Å². The minimum absolute atomic E-state index is 0.323. The molecule has 0 saturated heterocycles. The highest BCUT2D eigenvalue weighted by atomic mass is 19.1. The molecule has 7 nitrogen and oxygen atoms in total. The van der Waals surface area contributed by atoms with Crippen molar-refractivity contribution in [2.75, 3.05) is 11.1 Å². The van der Waals surface area contributed by atoms with E-state index in [0.29, 0.717) is 41.1 Å². The number of hydrogen-bond acceptors (Lipinski definition) is 6. The summed E-state index contributed by atoms with van der Waals surface area (Å²) in [5.74, 6) is 1.15. The van der Waals surface area contributed by atoms with Crippen LogP contribution in [0.1, 0.15) is 11.4 Å². The number of nitrogen functional groups attached to an aromatic ring is 1. The minimum Gasteiger partial charge on any atom is -0.383 e. The lowest BCUT2D eigenvalue weighted by molar-refractivity contribution is 0.628. The first kappa shape index (κ1) is 17.6. The molecule has 0 bridgehead atoms. The van der Waals surface area contributed by atoms with E-state index in [4.69, 9.17) is 5.73 Å². The predicted octanol–water partition coefficient (Wildman–Crippen LogP) is 3.57. The zero-order valence-corrected chi connectivity index (χ0v) is 15.1. The molecular formula is C20H18FN7. The molecule has 4 N–H and O–H groups in total. The van der Waals surface area contributed by atoms with E-state index in [1.807, 2.05) is 31.2 Å². The first-order valence-corrected chi connectivity index (χ1v) is 8.69. The predicted molar refractivity (Wildman–Crippen MR) is 106 cm³/mol. The molecule has 4 aromatic rings. The molecule has 140 valence electrons. The van der Waals surface area contributed by atoms with Crippen LogP contribution in [0.5, 0.6) is 0 Å². The van der Waals surface area contributed by atoms with Crippen molar-refractivity contribution >= 4 is 11.8 Å². The average Bonchev–Trinajstić information content (AvgIpc) is 3.14. The van der Waals surface area contributed by atoms with Crippen LogP contribution >= 0.6 is 0 Å². The van der Waals surface area contributed by atoms with Crippen LogP contribution in [0.2, 0.25) is 0 Å². The molecule has 1 aromatic carbocycles. The lowest BCUT2D eigenvalue weighted by Gasteiger charge is -2.04. The van der Waals surface area contributed by atoms with E-state index >= 15 is 0 Å². The highest BCUT2D eigenvalue weighted by molar-refractivity contribution is 5.76. The summed E-state index contributed by atoms with van der Waals surface area (Å²) in [4.78, 5) is 20.7. The van der Waals surface area contributed by atoms with Crippen LogP contribution in [0.4, 0.5) is 16.2 Å². The van der Waals surface area contributed by atoms with Crippen molar-refractivity contribution in [1.29, 1.82) is 0 Å². The second-order valence-corrected chi connectivity index (χ2v) is 6.25. The maximum Gasteiger partial charge on any atom is 0.224 e. The van der Waals surface area contributed by atoms with Gasteiger partial charge in [0, 0.05) is 23.5 Å². The molecule has 3 heterocycles. The van der Waals surface area contributed by atoms with E-state index < -0.39 is 0 Å². The van der Waals surface area contributed by atoms with Crippen molar-refractivity contribution in [1.82, 2.24) is 24.9 Å². The average molecular weight is 375 g/mol. The number of H-pyrrole nitrogens is 1. The van der Waals surface area contributed by atoms with Crippen LogP contribution in [0, 0.1) is 12.7 Å². The van der Waals surface area contributed by atoms with E-state index in [-0.39, 0.29) is 5.82 Å². The van der Waals surface area contributed by atoms with Gasteiger partial charge in [-0.2, -0.15) is 4.98 Å². The summed E-state index contributed by atoms with van der Waals surface area (Å²) >= 11 is 0. The first-order valence-electron chi connectivity index (χ1n) is 8.69. The van der Waals surface area contributed by atoms with Crippen molar-refractivity contribution in [3.05, 3.63) is 72.1 Å². The topological polar surface area (TPSA) is 105 Å². The maximum atomic E-state index is 13.7. The summed E-state index contributed by atoms with van der Waals surface area (Å²) in [5.41, 5.74) is 9.36. The SMILES string of the molecule is Cc1cnc(NCc2nc(-c3cccc(F)c3)c(-c3ccccn3)[nH]2)nc1N. The van der Waals surface area contributed by atoms with Gasteiger partial charge in [0.15, 0.2) is 0 Å². The van der Waals surface area contributed by atoms with Crippen LogP contribution < -0.4 is 11.1 Å². The van der Waals surface area contributed by atoms with E-state index in [2.05, 4.69) is 30.2 Å². The van der Waals surface area contributed by atoms with Crippen molar-refractivity contribution in [2.24, 2.45) is 0 Å². The molecule has 3 aromatic heterocycles. The number of rotatable bonds is 5. The van der Waals surface area contributed by atoms with Crippen LogP contribution in [0.25, 0.3) is 22.6 Å². The lowest BCUT2D eigenvalue weighted by Crippen LogP contribution is -2.07. The van der Waals surface area contributed by atoms with Crippen molar-refractivity contribution in [2.45, 2.75) is 13.5 Å². The molecule has 0 spiro atoms. The van der Waals surface area contributed by atoms with Gasteiger partial charge in [-0.3, -0.25) is 4.98 Å². The van der Waals surface area contributed by atoms with Gasteiger partial charge in [0.05, 0.1) is 23.6 Å². The molecule has 0 radical (unpaired) electrons. The van der Waals surface area contributed by atoms with E-state index in [1.54, 1.807) is 18.5 Å². The Balaban J connectivity index is 1.68. The van der Waals surface area contributed by atoms with Gasteiger partial charge in [0.2, 0.25) is 5.95 Å². The number of aryl methyl sites for hydroxylation is 1. The summed E-state index contributed by atoms with van der Waals surface area (Å²) in [6.45, 7) is 2.19. The van der Waals surface area contributed by atoms with E-state index in [1.165, 1.54) is 12.1 Å². The second kappa shape index (κ2) is 7.43. The highest BCUT2D eigenvalue weighted by Gasteiger charge is 2.15. The van der Waals surface area contributed by atoms with Crippen LogP contribution in [0.15, 0.2) is 54.9 Å². The summed E-state index contributed by atoms with van der Waals surface area (Å²) in [5, 5.41) is 3.09. The Hall–Kier alpha value is -3.81. The van der Waals surface area contributed by atoms with Gasteiger partial charge >= 0.3 is 0 Å². The normalized spacial score (nSPS) is 10.8. The molecular weight excluding hydrogens is 357 g/mol. The third kappa shape index (κ3) is 3.66. The number of nitrogens with zero attached hydrogens (tertiary/aromatic N) is 4. The fourth-order valence-corrected chi connectivity index (χ4v) is 2.75. The Labute approximate surface area is 160 Å². The van der Waals surface area contributed by atoms with Crippen molar-refractivity contribution in [3.63, 3.8) is 0 Å². The molecule has 0 aliphatic rings. The fraction of sp³-hybridized carbons (Fsp3) is 0.100. The third-order valence-electron chi connectivity index (χ3n) is 4.20. The van der Waals surface area contributed by atoms with Crippen molar-refractivity contribution < 1.29 is 4.39 Å². The number of hydrogen-bond donors (Lipinski definition) is 3. The lowest BCUT2D eigenvalue weighted by atomic mass is 10.1. The van der Waals surface area contributed by atoms with Crippen LogP contribution in [-0.2, 0) is 6.54 Å². The van der Waals surface area contributed by atoms with Crippen molar-refractivity contribution in [3.8, 4) is 22.6 Å². The minimum atomic E-state index is -0.323. The molecule has 8 heteroatoms. The maximum absolute atomic E-state index is 13.7. The number of nitrogens with two attached hydrogens (primary N) is 1. The Kier molecular flexibility index (Phi) is 4.67. The number of anilines is 2. The number of pyridine rings is 1. The Morgan fingerprint density at radius 3 is 2.75 bits per heavy atom. The molecule has 0 atom stereocenters. The molecule has 4 rings (SSSR count). The zero-order valence-electron chi connectivity index (χ0n) is 15.1. The van der Waals surface area contributed by atoms with Gasteiger partial charge in [0.25, 0.3) is 0 Å². The molecule has 0 saturated carbocycles.